The van der Waals surface area contributed by atoms with E-state index in [1.807, 2.05) is 73.7 Å². The Kier molecular flexibility index (Phi) is 5.07. The predicted octanol–water partition coefficient (Wildman–Crippen LogP) is 5.05. The van der Waals surface area contributed by atoms with Crippen molar-refractivity contribution in [2.24, 2.45) is 0 Å². The Hall–Kier alpha value is -2.85. The molecule has 0 aliphatic carbocycles. The molecule has 0 N–H and O–H groups in total. The first kappa shape index (κ1) is 17.6. The molecule has 0 aliphatic heterocycles. The van der Waals surface area contributed by atoms with Gasteiger partial charge >= 0.3 is 0 Å². The van der Waals surface area contributed by atoms with Crippen LogP contribution in [0.3, 0.4) is 0 Å². The van der Waals surface area contributed by atoms with Crippen LogP contribution in [0.1, 0.15) is 16.7 Å². The van der Waals surface area contributed by atoms with Crippen molar-refractivity contribution in [1.29, 1.82) is 0 Å². The molecule has 4 aromatic rings. The first-order valence-electron chi connectivity index (χ1n) is 8.93. The maximum absolute atomic E-state index is 13.3. The van der Waals surface area contributed by atoms with E-state index < -0.39 is 0 Å². The van der Waals surface area contributed by atoms with Crippen LogP contribution in [0.4, 0.5) is 0 Å². The quantitative estimate of drug-likeness (QED) is 0.363. The van der Waals surface area contributed by atoms with Gasteiger partial charge < -0.3 is 0 Å². The first-order chi connectivity index (χ1) is 13.2. The van der Waals surface area contributed by atoms with Crippen LogP contribution >= 0.6 is 11.8 Å². The summed E-state index contributed by atoms with van der Waals surface area (Å²) in [4.78, 5) is 18.1. The minimum atomic E-state index is 0.0255. The minimum absolute atomic E-state index is 0.0255. The summed E-state index contributed by atoms with van der Waals surface area (Å²) in [7, 11) is 0. The van der Waals surface area contributed by atoms with E-state index in [0.717, 1.165) is 27.6 Å². The van der Waals surface area contributed by atoms with E-state index in [1.54, 1.807) is 16.3 Å². The molecule has 0 radical (unpaired) electrons. The topological polar surface area (TPSA) is 34.9 Å². The Bertz CT molecular complexity index is 1120. The number of rotatable bonds is 5. The molecule has 3 nitrogen and oxygen atoms in total. The van der Waals surface area contributed by atoms with Gasteiger partial charge in [0.25, 0.3) is 5.56 Å². The van der Waals surface area contributed by atoms with Crippen molar-refractivity contribution >= 4 is 22.7 Å². The van der Waals surface area contributed by atoms with Crippen LogP contribution in [0, 0.1) is 6.92 Å². The van der Waals surface area contributed by atoms with Gasteiger partial charge in [0.15, 0.2) is 5.16 Å². The van der Waals surface area contributed by atoms with Gasteiger partial charge in [0, 0.05) is 5.75 Å². The third kappa shape index (κ3) is 3.81. The van der Waals surface area contributed by atoms with E-state index in [-0.39, 0.29) is 5.56 Å². The maximum Gasteiger partial charge on any atom is 0.262 e. The Morgan fingerprint density at radius 3 is 2.22 bits per heavy atom. The van der Waals surface area contributed by atoms with Gasteiger partial charge in [-0.1, -0.05) is 84.6 Å². The summed E-state index contributed by atoms with van der Waals surface area (Å²) in [6, 6.07) is 26.2. The molecule has 1 heterocycles. The second kappa shape index (κ2) is 7.80. The second-order valence-corrected chi connectivity index (χ2v) is 7.46. The van der Waals surface area contributed by atoms with Gasteiger partial charge in [-0.25, -0.2) is 4.98 Å². The van der Waals surface area contributed by atoms with Crippen LogP contribution < -0.4 is 5.56 Å². The van der Waals surface area contributed by atoms with Gasteiger partial charge in [0.05, 0.1) is 17.4 Å². The zero-order valence-corrected chi connectivity index (χ0v) is 15.9. The molecule has 0 saturated heterocycles. The van der Waals surface area contributed by atoms with E-state index in [0.29, 0.717) is 11.9 Å². The van der Waals surface area contributed by atoms with Gasteiger partial charge in [-0.3, -0.25) is 9.36 Å². The molecule has 0 spiro atoms. The van der Waals surface area contributed by atoms with Gasteiger partial charge in [0.2, 0.25) is 0 Å². The number of thioether (sulfide) groups is 1. The van der Waals surface area contributed by atoms with Crippen molar-refractivity contribution in [3.8, 4) is 0 Å². The van der Waals surface area contributed by atoms with Crippen molar-refractivity contribution in [3.05, 3.63) is 106 Å². The molecule has 134 valence electrons. The van der Waals surface area contributed by atoms with Crippen molar-refractivity contribution in [2.75, 3.05) is 0 Å². The lowest BCUT2D eigenvalue weighted by molar-refractivity contribution is 0.657. The molecule has 4 heteroatoms. The molecule has 0 saturated carbocycles. The standard InChI is InChI=1S/C23H20N2OS/c1-17-9-8-14-20-21(17)22(26)25(15-18-10-4-2-5-11-18)23(24-20)27-16-19-12-6-3-7-13-19/h2-14H,15-16H2,1H3. The Labute approximate surface area is 162 Å². The van der Waals surface area contributed by atoms with E-state index in [1.165, 1.54) is 5.56 Å². The summed E-state index contributed by atoms with van der Waals surface area (Å²) >= 11 is 1.61. The lowest BCUT2D eigenvalue weighted by Crippen LogP contribution is -2.24. The zero-order valence-electron chi connectivity index (χ0n) is 15.1. The van der Waals surface area contributed by atoms with Gasteiger partial charge in [-0.2, -0.15) is 0 Å². The van der Waals surface area contributed by atoms with E-state index >= 15 is 0 Å². The number of hydrogen-bond donors (Lipinski definition) is 0. The minimum Gasteiger partial charge on any atom is -0.283 e. The van der Waals surface area contributed by atoms with Gasteiger partial charge in [-0.15, -0.1) is 0 Å². The van der Waals surface area contributed by atoms with Crippen molar-refractivity contribution in [3.63, 3.8) is 0 Å². The Balaban J connectivity index is 1.80. The summed E-state index contributed by atoms with van der Waals surface area (Å²) in [6.07, 6.45) is 0. The van der Waals surface area contributed by atoms with Crippen molar-refractivity contribution in [1.82, 2.24) is 9.55 Å². The number of nitrogens with zero attached hydrogens (tertiary/aromatic N) is 2. The van der Waals surface area contributed by atoms with E-state index in [4.69, 9.17) is 4.98 Å². The van der Waals surface area contributed by atoms with Gasteiger partial charge in [-0.05, 0) is 29.7 Å². The molecule has 0 atom stereocenters. The summed E-state index contributed by atoms with van der Waals surface area (Å²) in [5.74, 6) is 0.777. The summed E-state index contributed by atoms with van der Waals surface area (Å²) in [5.41, 5.74) is 4.06. The zero-order chi connectivity index (χ0) is 18.6. The number of aryl methyl sites for hydroxylation is 1. The van der Waals surface area contributed by atoms with Crippen LogP contribution in [0.25, 0.3) is 10.9 Å². The fourth-order valence-corrected chi connectivity index (χ4v) is 4.10. The predicted molar refractivity (Wildman–Crippen MR) is 112 cm³/mol. The molecule has 0 unspecified atom stereocenters. The molecule has 3 aromatic carbocycles. The Morgan fingerprint density at radius 1 is 0.852 bits per heavy atom. The number of benzene rings is 3. The Morgan fingerprint density at radius 2 is 1.52 bits per heavy atom. The van der Waals surface area contributed by atoms with Crippen molar-refractivity contribution < 1.29 is 0 Å². The van der Waals surface area contributed by atoms with Crippen LogP contribution in [0.5, 0.6) is 0 Å². The summed E-state index contributed by atoms with van der Waals surface area (Å²) in [5, 5.41) is 1.46. The van der Waals surface area contributed by atoms with Crippen LogP contribution in [0.15, 0.2) is 88.8 Å². The monoisotopic (exact) mass is 372 g/mol. The highest BCUT2D eigenvalue weighted by molar-refractivity contribution is 7.98. The maximum atomic E-state index is 13.3. The van der Waals surface area contributed by atoms with E-state index in [9.17, 15) is 4.79 Å². The van der Waals surface area contributed by atoms with Crippen LogP contribution in [0.2, 0.25) is 0 Å². The van der Waals surface area contributed by atoms with Gasteiger partial charge in [0.1, 0.15) is 0 Å². The molecule has 0 aliphatic rings. The smallest absolute Gasteiger partial charge is 0.262 e. The molecular formula is C23H20N2OS. The number of aromatic nitrogens is 2. The molecule has 0 bridgehead atoms. The highest BCUT2D eigenvalue weighted by Gasteiger charge is 2.13. The lowest BCUT2D eigenvalue weighted by Gasteiger charge is -2.14. The lowest BCUT2D eigenvalue weighted by atomic mass is 10.1. The molecule has 4 rings (SSSR count). The van der Waals surface area contributed by atoms with Crippen LogP contribution in [-0.4, -0.2) is 9.55 Å². The fourth-order valence-electron chi connectivity index (χ4n) is 3.15. The third-order valence-corrected chi connectivity index (χ3v) is 5.60. The average molecular weight is 372 g/mol. The molecule has 1 aromatic heterocycles. The largest absolute Gasteiger partial charge is 0.283 e. The second-order valence-electron chi connectivity index (χ2n) is 6.51. The third-order valence-electron chi connectivity index (χ3n) is 4.55. The highest BCUT2D eigenvalue weighted by Crippen LogP contribution is 2.23. The SMILES string of the molecule is Cc1cccc2nc(SCc3ccccc3)n(Cc3ccccc3)c(=O)c12. The molecule has 0 fully saturated rings. The summed E-state index contributed by atoms with van der Waals surface area (Å²) in [6.45, 7) is 2.49. The fraction of sp³-hybridized carbons (Fsp3) is 0.130. The molecule has 27 heavy (non-hydrogen) atoms. The molecule has 0 amide bonds. The molecular weight excluding hydrogens is 352 g/mol. The highest BCUT2D eigenvalue weighted by atomic mass is 32.2. The number of hydrogen-bond acceptors (Lipinski definition) is 3. The van der Waals surface area contributed by atoms with E-state index in [2.05, 4.69) is 12.1 Å². The number of fused-ring (bicyclic) bond motifs is 1. The summed E-state index contributed by atoms with van der Waals surface area (Å²) < 4.78 is 1.80. The normalized spacial score (nSPS) is 11.0. The van der Waals surface area contributed by atoms with Crippen LogP contribution in [-0.2, 0) is 12.3 Å². The average Bonchev–Trinajstić information content (AvgIpc) is 2.70. The van der Waals surface area contributed by atoms with Crippen molar-refractivity contribution in [2.45, 2.75) is 24.4 Å². The first-order valence-corrected chi connectivity index (χ1v) is 9.92.